The number of nitrogens with one attached hydrogen (secondary N) is 1. The third kappa shape index (κ3) is 4.39. The average molecular weight is 286 g/mol. The molecule has 21 heavy (non-hydrogen) atoms. The molecule has 0 saturated carbocycles. The lowest BCUT2D eigenvalue weighted by Crippen LogP contribution is -2.25. The Morgan fingerprint density at radius 3 is 2.67 bits per heavy atom. The van der Waals surface area contributed by atoms with Crippen molar-refractivity contribution >= 4 is 16.7 Å². The predicted octanol–water partition coefficient (Wildman–Crippen LogP) is 3.55. The zero-order valence-electron chi connectivity index (χ0n) is 13.3. The summed E-state index contributed by atoms with van der Waals surface area (Å²) in [6.07, 6.45) is 3.99. The van der Waals surface area contributed by atoms with Gasteiger partial charge < -0.3 is 10.2 Å². The van der Waals surface area contributed by atoms with Crippen molar-refractivity contribution in [3.8, 4) is 0 Å². The van der Waals surface area contributed by atoms with Crippen LogP contribution in [-0.4, -0.2) is 40.5 Å². The second kappa shape index (κ2) is 7.93. The molecule has 4 heteroatoms. The first-order valence-corrected chi connectivity index (χ1v) is 7.93. The van der Waals surface area contributed by atoms with Gasteiger partial charge in [-0.2, -0.15) is 0 Å². The van der Waals surface area contributed by atoms with Crippen molar-refractivity contribution in [1.82, 2.24) is 14.9 Å². The van der Waals surface area contributed by atoms with Crippen molar-refractivity contribution in [3.05, 3.63) is 30.6 Å². The minimum absolute atomic E-state index is 0.416. The largest absolute Gasteiger partial charge is 0.367 e. The lowest BCUT2D eigenvalue weighted by Gasteiger charge is -2.20. The Morgan fingerprint density at radius 1 is 1.14 bits per heavy atom. The summed E-state index contributed by atoms with van der Waals surface area (Å²) in [6.45, 7) is 10.1. The van der Waals surface area contributed by atoms with Gasteiger partial charge >= 0.3 is 0 Å². The maximum Gasteiger partial charge on any atom is 0.137 e. The number of benzene rings is 1. The van der Waals surface area contributed by atoms with E-state index in [1.54, 1.807) is 6.33 Å². The fourth-order valence-corrected chi connectivity index (χ4v) is 2.59. The summed E-state index contributed by atoms with van der Waals surface area (Å²) >= 11 is 0. The number of aromatic nitrogens is 2. The molecule has 1 aromatic heterocycles. The molecule has 0 spiro atoms. The number of anilines is 1. The lowest BCUT2D eigenvalue weighted by atomic mass is 10.1. The smallest absolute Gasteiger partial charge is 0.137 e. The fraction of sp³-hybridized carbons (Fsp3) is 0.529. The highest BCUT2D eigenvalue weighted by atomic mass is 15.1. The van der Waals surface area contributed by atoms with Crippen LogP contribution in [0.2, 0.25) is 0 Å². The van der Waals surface area contributed by atoms with Gasteiger partial charge in [-0.05, 0) is 51.5 Å². The number of nitrogens with zero attached hydrogens (tertiary/aromatic N) is 3. The van der Waals surface area contributed by atoms with Crippen LogP contribution in [0.1, 0.15) is 33.6 Å². The summed E-state index contributed by atoms with van der Waals surface area (Å²) in [6, 6.07) is 8.54. The highest BCUT2D eigenvalue weighted by Crippen LogP contribution is 2.19. The summed E-state index contributed by atoms with van der Waals surface area (Å²) < 4.78 is 0. The minimum Gasteiger partial charge on any atom is -0.367 e. The molecule has 0 saturated heterocycles. The number of rotatable bonds is 8. The van der Waals surface area contributed by atoms with E-state index in [1.807, 2.05) is 18.2 Å². The highest BCUT2D eigenvalue weighted by molar-refractivity contribution is 5.88. The monoisotopic (exact) mass is 286 g/mol. The van der Waals surface area contributed by atoms with Crippen LogP contribution in [-0.2, 0) is 0 Å². The number of fused-ring (bicyclic) bond motifs is 1. The molecular weight excluding hydrogens is 260 g/mol. The zero-order valence-corrected chi connectivity index (χ0v) is 13.3. The molecule has 0 fully saturated rings. The topological polar surface area (TPSA) is 41.0 Å². The Labute approximate surface area is 127 Å². The molecule has 1 N–H and O–H groups in total. The van der Waals surface area contributed by atoms with Crippen LogP contribution < -0.4 is 5.32 Å². The molecule has 2 aromatic rings. The lowest BCUT2D eigenvalue weighted by molar-refractivity contribution is 0.295. The Hall–Kier alpha value is -1.68. The van der Waals surface area contributed by atoms with Crippen LogP contribution in [0.5, 0.6) is 0 Å². The van der Waals surface area contributed by atoms with E-state index in [0.717, 1.165) is 36.2 Å². The zero-order chi connectivity index (χ0) is 15.1. The van der Waals surface area contributed by atoms with E-state index in [4.69, 9.17) is 0 Å². The summed E-state index contributed by atoms with van der Waals surface area (Å²) in [7, 11) is 0. The molecule has 0 unspecified atom stereocenters. The van der Waals surface area contributed by atoms with Crippen molar-refractivity contribution in [2.24, 2.45) is 0 Å². The Bertz CT molecular complexity index is 546. The summed E-state index contributed by atoms with van der Waals surface area (Å²) in [5, 5.41) is 4.62. The van der Waals surface area contributed by atoms with Crippen LogP contribution in [0.25, 0.3) is 10.9 Å². The van der Waals surface area contributed by atoms with Gasteiger partial charge in [0.1, 0.15) is 12.1 Å². The number of hydrogen-bond donors (Lipinski definition) is 1. The molecule has 0 aliphatic rings. The first kappa shape index (κ1) is 15.7. The Morgan fingerprint density at radius 2 is 1.90 bits per heavy atom. The number of hydrogen-bond acceptors (Lipinski definition) is 4. The Kier molecular flexibility index (Phi) is 5.93. The van der Waals surface area contributed by atoms with E-state index < -0.39 is 0 Å². The molecule has 114 valence electrons. The van der Waals surface area contributed by atoms with Gasteiger partial charge in [0.2, 0.25) is 0 Å². The second-order valence-corrected chi connectivity index (χ2v) is 5.45. The summed E-state index contributed by atoms with van der Waals surface area (Å²) in [4.78, 5) is 11.2. The van der Waals surface area contributed by atoms with Crippen molar-refractivity contribution in [1.29, 1.82) is 0 Å². The standard InChI is InChI=1S/C17H26N4/c1-4-21(5-2)12-8-9-14(3)20-17-15-10-6-7-11-16(15)18-13-19-17/h6-7,10-11,13-14H,4-5,8-9,12H2,1-3H3,(H,18,19,20)/t14-/m0/s1. The van der Waals surface area contributed by atoms with E-state index in [9.17, 15) is 0 Å². The molecule has 0 bridgehead atoms. The van der Waals surface area contributed by atoms with Gasteiger partial charge in [-0.15, -0.1) is 0 Å². The van der Waals surface area contributed by atoms with Crippen LogP contribution >= 0.6 is 0 Å². The average Bonchev–Trinajstić information content (AvgIpc) is 2.52. The molecule has 1 heterocycles. The van der Waals surface area contributed by atoms with E-state index in [0.29, 0.717) is 6.04 Å². The highest BCUT2D eigenvalue weighted by Gasteiger charge is 2.07. The Balaban J connectivity index is 1.91. The third-order valence-electron chi connectivity index (χ3n) is 3.93. The summed E-state index contributed by atoms with van der Waals surface area (Å²) in [5.74, 6) is 0.941. The molecule has 0 amide bonds. The van der Waals surface area contributed by atoms with Crippen molar-refractivity contribution in [3.63, 3.8) is 0 Å². The van der Waals surface area contributed by atoms with E-state index in [2.05, 4.69) is 47.0 Å². The van der Waals surface area contributed by atoms with Crippen LogP contribution in [0.3, 0.4) is 0 Å². The number of para-hydroxylation sites is 1. The van der Waals surface area contributed by atoms with Gasteiger partial charge in [-0.1, -0.05) is 26.0 Å². The van der Waals surface area contributed by atoms with E-state index in [1.165, 1.54) is 13.0 Å². The van der Waals surface area contributed by atoms with Crippen molar-refractivity contribution in [2.75, 3.05) is 25.0 Å². The molecule has 2 rings (SSSR count). The maximum atomic E-state index is 4.39. The second-order valence-electron chi connectivity index (χ2n) is 5.45. The van der Waals surface area contributed by atoms with Crippen molar-refractivity contribution < 1.29 is 0 Å². The third-order valence-corrected chi connectivity index (χ3v) is 3.93. The van der Waals surface area contributed by atoms with Gasteiger partial charge in [0, 0.05) is 11.4 Å². The minimum atomic E-state index is 0.416. The molecule has 1 atom stereocenters. The molecule has 0 aliphatic carbocycles. The molecule has 4 nitrogen and oxygen atoms in total. The molecule has 0 radical (unpaired) electrons. The predicted molar refractivity (Wildman–Crippen MR) is 89.6 cm³/mol. The first-order chi connectivity index (χ1) is 10.2. The molecule has 1 aromatic carbocycles. The molecule has 0 aliphatic heterocycles. The normalized spacial score (nSPS) is 12.8. The van der Waals surface area contributed by atoms with Gasteiger partial charge in [0.05, 0.1) is 5.52 Å². The fourth-order valence-electron chi connectivity index (χ4n) is 2.59. The van der Waals surface area contributed by atoms with Gasteiger partial charge in [0.15, 0.2) is 0 Å². The van der Waals surface area contributed by atoms with Gasteiger partial charge in [-0.3, -0.25) is 0 Å². The molecular formula is C17H26N4. The van der Waals surface area contributed by atoms with E-state index >= 15 is 0 Å². The van der Waals surface area contributed by atoms with Gasteiger partial charge in [-0.25, -0.2) is 9.97 Å². The SMILES string of the molecule is CCN(CC)CCC[C@H](C)Nc1ncnc2ccccc12. The maximum absolute atomic E-state index is 4.39. The van der Waals surface area contributed by atoms with Crippen LogP contribution in [0.15, 0.2) is 30.6 Å². The van der Waals surface area contributed by atoms with Crippen molar-refractivity contribution in [2.45, 2.75) is 39.7 Å². The van der Waals surface area contributed by atoms with Crippen LogP contribution in [0, 0.1) is 0 Å². The van der Waals surface area contributed by atoms with Crippen LogP contribution in [0.4, 0.5) is 5.82 Å². The summed E-state index contributed by atoms with van der Waals surface area (Å²) in [5.41, 5.74) is 0.991. The first-order valence-electron chi connectivity index (χ1n) is 7.93. The van der Waals surface area contributed by atoms with Gasteiger partial charge in [0.25, 0.3) is 0 Å². The van der Waals surface area contributed by atoms with E-state index in [-0.39, 0.29) is 0 Å². The quantitative estimate of drug-likeness (QED) is 0.805.